The van der Waals surface area contributed by atoms with E-state index in [2.05, 4.69) is 17.2 Å². The zero-order chi connectivity index (χ0) is 21.8. The van der Waals surface area contributed by atoms with Gasteiger partial charge in [0, 0.05) is 5.69 Å². The second-order valence-electron chi connectivity index (χ2n) is 6.92. The van der Waals surface area contributed by atoms with E-state index >= 15 is 0 Å². The number of nitrogens with zero attached hydrogens (tertiary/aromatic N) is 2. The Morgan fingerprint density at radius 2 is 1.84 bits per heavy atom. The summed E-state index contributed by atoms with van der Waals surface area (Å²) in [5, 5.41) is 3.59. The Labute approximate surface area is 182 Å². The molecule has 4 aromatic rings. The van der Waals surface area contributed by atoms with Crippen molar-refractivity contribution in [1.29, 1.82) is 0 Å². The van der Waals surface area contributed by atoms with Crippen LogP contribution in [-0.2, 0) is 11.2 Å². The van der Waals surface area contributed by atoms with E-state index in [9.17, 15) is 14.0 Å². The summed E-state index contributed by atoms with van der Waals surface area (Å²) in [5.74, 6) is -0.717. The van der Waals surface area contributed by atoms with Gasteiger partial charge in [-0.05, 0) is 54.4 Å². The summed E-state index contributed by atoms with van der Waals surface area (Å²) in [6, 6.07) is 20.6. The Hall–Kier alpha value is -3.45. The number of hydrogen-bond acceptors (Lipinski definition) is 4. The number of benzene rings is 3. The van der Waals surface area contributed by atoms with Gasteiger partial charge in [-0.15, -0.1) is 0 Å². The van der Waals surface area contributed by atoms with E-state index in [0.717, 1.165) is 23.7 Å². The lowest BCUT2D eigenvalue weighted by Crippen LogP contribution is -2.23. The molecule has 5 nitrogen and oxygen atoms in total. The van der Waals surface area contributed by atoms with Crippen LogP contribution in [0.2, 0.25) is 0 Å². The molecule has 0 atom stereocenters. The molecular formula is C24H20FN3O2S. The first-order valence-corrected chi connectivity index (χ1v) is 10.8. The van der Waals surface area contributed by atoms with Crippen LogP contribution in [0.3, 0.4) is 0 Å². The second-order valence-corrected chi connectivity index (χ2v) is 7.86. The van der Waals surface area contributed by atoms with Crippen LogP contribution < -0.4 is 10.9 Å². The minimum Gasteiger partial charge on any atom is -0.325 e. The molecule has 0 spiro atoms. The topological polar surface area (TPSA) is 64.0 Å². The number of aryl methyl sites for hydroxylation is 1. The maximum Gasteiger partial charge on any atom is 0.266 e. The Bertz CT molecular complexity index is 1300. The quantitative estimate of drug-likeness (QED) is 0.350. The van der Waals surface area contributed by atoms with E-state index in [4.69, 9.17) is 0 Å². The van der Waals surface area contributed by atoms with Crippen molar-refractivity contribution in [3.63, 3.8) is 0 Å². The molecule has 0 aliphatic heterocycles. The fourth-order valence-corrected chi connectivity index (χ4v) is 4.02. The van der Waals surface area contributed by atoms with Crippen molar-refractivity contribution in [3.8, 4) is 5.69 Å². The van der Waals surface area contributed by atoms with Crippen LogP contribution in [0.4, 0.5) is 10.1 Å². The Morgan fingerprint density at radius 1 is 1.06 bits per heavy atom. The number of halogens is 1. The third-order valence-electron chi connectivity index (χ3n) is 4.79. The van der Waals surface area contributed by atoms with Crippen molar-refractivity contribution in [2.45, 2.75) is 18.5 Å². The first-order valence-electron chi connectivity index (χ1n) is 9.84. The summed E-state index contributed by atoms with van der Waals surface area (Å²) in [7, 11) is 0. The van der Waals surface area contributed by atoms with Crippen molar-refractivity contribution in [2.75, 3.05) is 11.1 Å². The lowest BCUT2D eigenvalue weighted by Gasteiger charge is -2.13. The smallest absolute Gasteiger partial charge is 0.266 e. The number of nitrogens with one attached hydrogen (secondary N) is 1. The highest BCUT2D eigenvalue weighted by atomic mass is 32.2. The molecule has 0 unspecified atom stereocenters. The standard InChI is InChI=1S/C24H20FN3O2S/c1-2-16-10-12-19(13-11-16)28-23(30)20-8-3-4-9-21(20)27-24(28)31-15-22(29)26-18-7-5-6-17(25)14-18/h3-14H,2,15H2,1H3,(H,26,29). The SMILES string of the molecule is CCc1ccc(-n2c(SCC(=O)Nc3cccc(F)c3)nc3ccccc3c2=O)cc1. The van der Waals surface area contributed by atoms with Gasteiger partial charge in [0.05, 0.1) is 22.3 Å². The minimum atomic E-state index is -0.425. The highest BCUT2D eigenvalue weighted by Gasteiger charge is 2.15. The molecule has 3 aromatic carbocycles. The van der Waals surface area contributed by atoms with Gasteiger partial charge in [0.2, 0.25) is 5.91 Å². The molecule has 1 heterocycles. The highest BCUT2D eigenvalue weighted by Crippen LogP contribution is 2.22. The number of carbonyl (C=O) groups excluding carboxylic acids is 1. The number of anilines is 1. The third-order valence-corrected chi connectivity index (χ3v) is 5.73. The summed E-state index contributed by atoms with van der Waals surface area (Å²) < 4.78 is 14.9. The van der Waals surface area contributed by atoms with Gasteiger partial charge >= 0.3 is 0 Å². The van der Waals surface area contributed by atoms with Crippen molar-refractivity contribution < 1.29 is 9.18 Å². The fraction of sp³-hybridized carbons (Fsp3) is 0.125. The lowest BCUT2D eigenvalue weighted by molar-refractivity contribution is -0.113. The van der Waals surface area contributed by atoms with E-state index in [1.807, 2.05) is 30.3 Å². The van der Waals surface area contributed by atoms with E-state index < -0.39 is 5.82 Å². The predicted octanol–water partition coefficient (Wildman–Crippen LogP) is 4.82. The molecule has 156 valence electrons. The van der Waals surface area contributed by atoms with Gasteiger partial charge in [0.25, 0.3) is 5.56 Å². The Balaban J connectivity index is 1.67. The monoisotopic (exact) mass is 433 g/mol. The summed E-state index contributed by atoms with van der Waals surface area (Å²) in [6.07, 6.45) is 0.896. The van der Waals surface area contributed by atoms with Crippen molar-refractivity contribution in [1.82, 2.24) is 9.55 Å². The van der Waals surface area contributed by atoms with Gasteiger partial charge in [-0.2, -0.15) is 0 Å². The van der Waals surface area contributed by atoms with Gasteiger partial charge < -0.3 is 5.32 Å². The molecule has 1 N–H and O–H groups in total. The molecule has 7 heteroatoms. The van der Waals surface area contributed by atoms with E-state index in [1.165, 1.54) is 22.8 Å². The molecule has 0 fully saturated rings. The van der Waals surface area contributed by atoms with E-state index in [1.54, 1.807) is 24.3 Å². The highest BCUT2D eigenvalue weighted by molar-refractivity contribution is 7.99. The predicted molar refractivity (Wildman–Crippen MR) is 122 cm³/mol. The summed E-state index contributed by atoms with van der Waals surface area (Å²) in [5.41, 5.74) is 2.61. The summed E-state index contributed by atoms with van der Waals surface area (Å²) in [6.45, 7) is 2.07. The molecule has 31 heavy (non-hydrogen) atoms. The zero-order valence-corrected chi connectivity index (χ0v) is 17.7. The maximum absolute atomic E-state index is 13.4. The number of thioether (sulfide) groups is 1. The molecule has 0 bridgehead atoms. The first kappa shape index (κ1) is 20.8. The largest absolute Gasteiger partial charge is 0.325 e. The lowest BCUT2D eigenvalue weighted by atomic mass is 10.1. The normalized spacial score (nSPS) is 10.9. The molecule has 0 saturated heterocycles. The zero-order valence-electron chi connectivity index (χ0n) is 16.8. The molecule has 0 aliphatic rings. The van der Waals surface area contributed by atoms with Gasteiger partial charge in [-0.1, -0.05) is 49.0 Å². The summed E-state index contributed by atoms with van der Waals surface area (Å²) >= 11 is 1.16. The van der Waals surface area contributed by atoms with E-state index in [0.29, 0.717) is 27.4 Å². The van der Waals surface area contributed by atoms with Crippen LogP contribution in [0.15, 0.2) is 82.7 Å². The van der Waals surface area contributed by atoms with Crippen LogP contribution in [0.1, 0.15) is 12.5 Å². The van der Waals surface area contributed by atoms with Crippen molar-refractivity contribution in [3.05, 3.63) is 94.5 Å². The van der Waals surface area contributed by atoms with Crippen LogP contribution in [0, 0.1) is 5.82 Å². The number of carbonyl (C=O) groups is 1. The number of amides is 1. The van der Waals surface area contributed by atoms with Crippen LogP contribution in [-0.4, -0.2) is 21.2 Å². The van der Waals surface area contributed by atoms with Crippen LogP contribution in [0.25, 0.3) is 16.6 Å². The van der Waals surface area contributed by atoms with Crippen LogP contribution in [0.5, 0.6) is 0 Å². The average Bonchev–Trinajstić information content (AvgIpc) is 2.78. The minimum absolute atomic E-state index is 0.0222. The first-order chi connectivity index (χ1) is 15.0. The number of fused-ring (bicyclic) bond motifs is 1. The van der Waals surface area contributed by atoms with E-state index in [-0.39, 0.29) is 17.2 Å². The number of para-hydroxylation sites is 1. The number of hydrogen-bond donors (Lipinski definition) is 1. The van der Waals surface area contributed by atoms with Gasteiger partial charge in [-0.3, -0.25) is 14.2 Å². The second kappa shape index (κ2) is 9.14. The van der Waals surface area contributed by atoms with Crippen molar-refractivity contribution >= 4 is 34.3 Å². The van der Waals surface area contributed by atoms with Gasteiger partial charge in [0.15, 0.2) is 5.16 Å². The average molecular weight is 434 g/mol. The van der Waals surface area contributed by atoms with Crippen LogP contribution >= 0.6 is 11.8 Å². The Morgan fingerprint density at radius 3 is 2.58 bits per heavy atom. The number of aromatic nitrogens is 2. The fourth-order valence-electron chi connectivity index (χ4n) is 3.21. The number of rotatable bonds is 6. The van der Waals surface area contributed by atoms with Crippen molar-refractivity contribution in [2.24, 2.45) is 0 Å². The van der Waals surface area contributed by atoms with Gasteiger partial charge in [-0.25, -0.2) is 9.37 Å². The molecule has 0 saturated carbocycles. The molecular weight excluding hydrogens is 413 g/mol. The Kier molecular flexibility index (Phi) is 6.13. The molecule has 0 radical (unpaired) electrons. The molecule has 1 aromatic heterocycles. The summed E-state index contributed by atoms with van der Waals surface area (Å²) in [4.78, 5) is 30.3. The third kappa shape index (κ3) is 4.67. The maximum atomic E-state index is 13.4. The molecule has 0 aliphatic carbocycles. The molecule has 1 amide bonds. The molecule has 4 rings (SSSR count). The van der Waals surface area contributed by atoms with Gasteiger partial charge in [0.1, 0.15) is 5.82 Å².